The molecule has 0 saturated carbocycles. The highest BCUT2D eigenvalue weighted by atomic mass is 19.4. The van der Waals surface area contributed by atoms with Gasteiger partial charge in [-0.25, -0.2) is 0 Å². The maximum atomic E-state index is 14.5. The quantitative estimate of drug-likeness (QED) is 0.241. The molecule has 0 aliphatic rings. The summed E-state index contributed by atoms with van der Waals surface area (Å²) in [5.74, 6) is -56.9. The molecule has 19 heteroatoms. The smallest absolute Gasteiger partial charge is 0.460 e. The summed E-state index contributed by atoms with van der Waals surface area (Å²) in [4.78, 5) is 0. The van der Waals surface area contributed by atoms with E-state index < -0.39 is 65.2 Å². The number of methoxy groups -OCH3 is 2. The maximum absolute atomic E-state index is 14.5. The van der Waals surface area contributed by atoms with Crippen LogP contribution in [-0.2, 0) is 10.3 Å². The first-order chi connectivity index (χ1) is 16.6. The molecule has 0 radical (unpaired) electrons. The van der Waals surface area contributed by atoms with Crippen molar-refractivity contribution in [2.45, 2.75) is 66.6 Å². The van der Waals surface area contributed by atoms with Crippen molar-refractivity contribution in [2.24, 2.45) is 0 Å². The Morgan fingerprint density at radius 1 is 0.579 bits per heavy atom. The van der Waals surface area contributed by atoms with E-state index in [1.165, 1.54) is 0 Å². The summed E-state index contributed by atoms with van der Waals surface area (Å²) in [7, 11) is 1.54. The van der Waals surface area contributed by atoms with Crippen molar-refractivity contribution in [1.82, 2.24) is 0 Å². The van der Waals surface area contributed by atoms with Crippen molar-refractivity contribution in [3.8, 4) is 5.75 Å². The van der Waals surface area contributed by atoms with Crippen molar-refractivity contribution < 1.29 is 84.1 Å². The monoisotopic (exact) mass is 598 g/mol. The van der Waals surface area contributed by atoms with Crippen LogP contribution < -0.4 is 4.74 Å². The topological polar surface area (TPSA) is 18.5 Å². The van der Waals surface area contributed by atoms with E-state index in [-0.39, 0.29) is 5.75 Å². The first-order valence-corrected chi connectivity index (χ1v) is 9.47. The summed E-state index contributed by atoms with van der Waals surface area (Å²) >= 11 is 0. The molecule has 0 aromatic heterocycles. The molecule has 0 aliphatic heterocycles. The minimum atomic E-state index is -8.67. The van der Waals surface area contributed by atoms with Crippen LogP contribution in [0.25, 0.3) is 0 Å². The summed E-state index contributed by atoms with van der Waals surface area (Å²) in [6, 6.07) is 3.83. The third kappa shape index (κ3) is 4.71. The molecule has 1 rings (SSSR count). The van der Waals surface area contributed by atoms with Gasteiger partial charge in [-0.15, -0.1) is 0 Å². The number of ether oxygens (including phenoxy) is 2. The Morgan fingerprint density at radius 2 is 0.974 bits per heavy atom. The van der Waals surface area contributed by atoms with Crippen LogP contribution in [0.5, 0.6) is 5.75 Å². The predicted molar refractivity (Wildman–Crippen MR) is 92.7 cm³/mol. The van der Waals surface area contributed by atoms with Crippen molar-refractivity contribution in [2.75, 3.05) is 14.2 Å². The molecule has 222 valence electrons. The SMILES string of the molecule is COc1cccc(C(C)(CC(F)(F)C(F)(F)C(F)(F)C(F)(F)C(F)(F)C(F)(F)C(F)(F)C(F)(F)F)OC)c1. The third-order valence-electron chi connectivity index (χ3n) is 5.48. The van der Waals surface area contributed by atoms with Crippen LogP contribution in [0.3, 0.4) is 0 Å². The number of hydrogen-bond donors (Lipinski definition) is 0. The van der Waals surface area contributed by atoms with E-state index in [4.69, 9.17) is 4.74 Å². The average molecular weight is 598 g/mol. The Kier molecular flexibility index (Phi) is 8.42. The fraction of sp³-hybridized carbons (Fsp3) is 0.684. The first kappa shape index (κ1) is 33.8. The Balaban J connectivity index is 3.67. The summed E-state index contributed by atoms with van der Waals surface area (Å²) in [6.45, 7) is 0.495. The van der Waals surface area contributed by atoms with Crippen LogP contribution in [0.2, 0.25) is 0 Å². The highest BCUT2D eigenvalue weighted by Crippen LogP contribution is 2.64. The van der Waals surface area contributed by atoms with Crippen molar-refractivity contribution in [1.29, 1.82) is 0 Å². The fourth-order valence-corrected chi connectivity index (χ4v) is 2.98. The standard InChI is InChI=1S/C19H15F17O2/c1-11(38-3,9-5-4-6-10(7-9)37-2)8-12(20,21)13(22,23)14(24,25)15(26,27)16(28,29)17(30,31)18(32,33)19(34,35)36/h4-7H,8H2,1-3H3. The van der Waals surface area contributed by atoms with Crippen LogP contribution >= 0.6 is 0 Å². The maximum Gasteiger partial charge on any atom is 0.460 e. The van der Waals surface area contributed by atoms with Gasteiger partial charge in [0.2, 0.25) is 0 Å². The minimum absolute atomic E-state index is 0.176. The molecule has 1 aromatic carbocycles. The van der Waals surface area contributed by atoms with E-state index in [2.05, 4.69) is 4.74 Å². The Bertz CT molecular complexity index is 986. The van der Waals surface area contributed by atoms with Crippen molar-refractivity contribution >= 4 is 0 Å². The summed E-state index contributed by atoms with van der Waals surface area (Å²) in [5, 5.41) is 0. The fourth-order valence-electron chi connectivity index (χ4n) is 2.98. The van der Waals surface area contributed by atoms with E-state index in [0.29, 0.717) is 14.0 Å². The number of benzene rings is 1. The van der Waals surface area contributed by atoms with Crippen molar-refractivity contribution in [3.63, 3.8) is 0 Å². The second-order valence-electron chi connectivity index (χ2n) is 7.99. The molecule has 0 bridgehead atoms. The van der Waals surface area contributed by atoms with Gasteiger partial charge in [0, 0.05) is 7.11 Å². The van der Waals surface area contributed by atoms with Gasteiger partial charge in [-0.2, -0.15) is 74.6 Å². The van der Waals surface area contributed by atoms with Gasteiger partial charge in [0.05, 0.1) is 19.1 Å². The van der Waals surface area contributed by atoms with Gasteiger partial charge in [-0.05, 0) is 24.6 Å². The summed E-state index contributed by atoms with van der Waals surface area (Å²) in [6.07, 6.45) is -10.6. The molecular formula is C19H15F17O2. The van der Waals surface area contributed by atoms with E-state index in [1.54, 1.807) is 0 Å². The lowest BCUT2D eigenvalue weighted by Crippen LogP contribution is -2.74. The minimum Gasteiger partial charge on any atom is -0.497 e. The molecular weight excluding hydrogens is 583 g/mol. The molecule has 1 atom stereocenters. The normalized spacial score (nSPS) is 16.8. The first-order valence-electron chi connectivity index (χ1n) is 9.47. The van der Waals surface area contributed by atoms with E-state index in [9.17, 15) is 74.6 Å². The molecule has 2 nitrogen and oxygen atoms in total. The zero-order valence-electron chi connectivity index (χ0n) is 18.8. The van der Waals surface area contributed by atoms with Gasteiger partial charge >= 0.3 is 47.6 Å². The van der Waals surface area contributed by atoms with Crippen LogP contribution in [0.1, 0.15) is 18.9 Å². The summed E-state index contributed by atoms with van der Waals surface area (Å²) in [5.41, 5.74) is -3.42. The van der Waals surface area contributed by atoms with Gasteiger partial charge in [-0.3, -0.25) is 0 Å². The molecule has 0 saturated heterocycles. The van der Waals surface area contributed by atoms with Gasteiger partial charge in [0.25, 0.3) is 0 Å². The zero-order valence-corrected chi connectivity index (χ0v) is 18.8. The second kappa shape index (κ2) is 9.46. The van der Waals surface area contributed by atoms with E-state index in [0.717, 1.165) is 31.4 Å². The Labute approximate surface area is 201 Å². The number of halogens is 17. The lowest BCUT2D eigenvalue weighted by molar-refractivity contribution is -0.462. The van der Waals surface area contributed by atoms with E-state index in [1.807, 2.05) is 0 Å². The lowest BCUT2D eigenvalue weighted by atomic mass is 9.83. The highest BCUT2D eigenvalue weighted by Gasteiger charge is 2.95. The molecule has 1 unspecified atom stereocenters. The van der Waals surface area contributed by atoms with Gasteiger partial charge < -0.3 is 9.47 Å². The van der Waals surface area contributed by atoms with Gasteiger partial charge in [0.1, 0.15) is 5.75 Å². The Morgan fingerprint density at radius 3 is 1.34 bits per heavy atom. The molecule has 1 aromatic rings. The molecule has 0 amide bonds. The molecule has 38 heavy (non-hydrogen) atoms. The number of hydrogen-bond acceptors (Lipinski definition) is 2. The van der Waals surface area contributed by atoms with Gasteiger partial charge in [-0.1, -0.05) is 12.1 Å². The second-order valence-corrected chi connectivity index (χ2v) is 7.99. The number of rotatable bonds is 11. The van der Waals surface area contributed by atoms with E-state index >= 15 is 0 Å². The van der Waals surface area contributed by atoms with Crippen LogP contribution in [-0.4, -0.2) is 61.9 Å². The highest BCUT2D eigenvalue weighted by molar-refractivity contribution is 5.32. The Hall–Kier alpha value is -2.21. The average Bonchev–Trinajstić information content (AvgIpc) is 2.77. The molecule has 0 fully saturated rings. The van der Waals surface area contributed by atoms with Gasteiger partial charge in [0.15, 0.2) is 0 Å². The lowest BCUT2D eigenvalue weighted by Gasteiger charge is -2.44. The van der Waals surface area contributed by atoms with Crippen LogP contribution in [0.4, 0.5) is 74.6 Å². The summed E-state index contributed by atoms with van der Waals surface area (Å²) < 4.78 is 238. The van der Waals surface area contributed by atoms with Crippen molar-refractivity contribution in [3.05, 3.63) is 29.8 Å². The largest absolute Gasteiger partial charge is 0.497 e. The third-order valence-corrected chi connectivity index (χ3v) is 5.48. The number of alkyl halides is 17. The zero-order chi connectivity index (χ0) is 30.6. The van der Waals surface area contributed by atoms with Crippen LogP contribution in [0.15, 0.2) is 24.3 Å². The molecule has 0 spiro atoms. The van der Waals surface area contributed by atoms with Crippen LogP contribution in [0, 0.1) is 0 Å². The predicted octanol–water partition coefficient (Wildman–Crippen LogP) is 7.96. The molecule has 0 N–H and O–H groups in total. The molecule has 0 aliphatic carbocycles. The molecule has 0 heterocycles.